The molecule has 20 heavy (non-hydrogen) atoms. The summed E-state index contributed by atoms with van der Waals surface area (Å²) in [6.45, 7) is 1.69. The van der Waals surface area contributed by atoms with Crippen molar-refractivity contribution in [1.29, 1.82) is 0 Å². The molecule has 0 saturated carbocycles. The Kier molecular flexibility index (Phi) is 5.08. The summed E-state index contributed by atoms with van der Waals surface area (Å²) in [5.74, 6) is -0.887. The molecule has 0 bridgehead atoms. The van der Waals surface area contributed by atoms with Crippen molar-refractivity contribution >= 4 is 17.7 Å². The molecule has 0 spiro atoms. The Morgan fingerprint density at radius 2 is 2.05 bits per heavy atom. The van der Waals surface area contributed by atoms with E-state index < -0.39 is 10.9 Å². The van der Waals surface area contributed by atoms with E-state index in [-0.39, 0.29) is 22.8 Å². The first-order valence-electron chi connectivity index (χ1n) is 5.78. The van der Waals surface area contributed by atoms with Gasteiger partial charge in [-0.1, -0.05) is 6.92 Å². The molecule has 0 fully saturated rings. The van der Waals surface area contributed by atoms with E-state index in [4.69, 9.17) is 14.6 Å². The monoisotopic (exact) mass is 281 g/mol. The molecule has 7 nitrogen and oxygen atoms in total. The average Bonchev–Trinajstić information content (AvgIpc) is 2.42. The van der Waals surface area contributed by atoms with Crippen LogP contribution < -0.4 is 9.47 Å². The summed E-state index contributed by atoms with van der Waals surface area (Å²) in [4.78, 5) is 21.4. The summed E-state index contributed by atoms with van der Waals surface area (Å²) >= 11 is 0. The van der Waals surface area contributed by atoms with E-state index >= 15 is 0 Å². The van der Waals surface area contributed by atoms with Gasteiger partial charge in [-0.25, -0.2) is 4.79 Å². The molecule has 1 aromatic carbocycles. The summed E-state index contributed by atoms with van der Waals surface area (Å²) in [5.41, 5.74) is 0.235. The third kappa shape index (κ3) is 3.25. The number of nitro groups is 1. The van der Waals surface area contributed by atoms with Crippen molar-refractivity contribution in [1.82, 2.24) is 0 Å². The van der Waals surface area contributed by atoms with Crippen molar-refractivity contribution in [2.45, 2.75) is 13.3 Å². The topological polar surface area (TPSA) is 98.9 Å². The number of rotatable bonds is 6. The van der Waals surface area contributed by atoms with Crippen molar-refractivity contribution < 1.29 is 24.3 Å². The van der Waals surface area contributed by atoms with E-state index in [1.807, 2.05) is 0 Å². The van der Waals surface area contributed by atoms with E-state index in [0.717, 1.165) is 0 Å². The van der Waals surface area contributed by atoms with Crippen molar-refractivity contribution in [3.05, 3.63) is 33.4 Å². The van der Waals surface area contributed by atoms with Crippen molar-refractivity contribution in [2.24, 2.45) is 0 Å². The molecular weight excluding hydrogens is 266 g/mol. The summed E-state index contributed by atoms with van der Waals surface area (Å²) in [6.07, 6.45) is 1.68. The highest BCUT2D eigenvalue weighted by Crippen LogP contribution is 2.38. The normalized spacial score (nSPS) is 11.1. The molecule has 7 heteroatoms. The first-order chi connectivity index (χ1) is 9.44. The first kappa shape index (κ1) is 15.5. The summed E-state index contributed by atoms with van der Waals surface area (Å²) in [7, 11) is 2.65. The largest absolute Gasteiger partial charge is 0.493 e. The molecule has 0 unspecified atom stereocenters. The van der Waals surface area contributed by atoms with Gasteiger partial charge in [0.05, 0.1) is 19.1 Å². The maximum atomic E-state index is 11.0. The fourth-order valence-electron chi connectivity index (χ4n) is 1.70. The van der Waals surface area contributed by atoms with Crippen LogP contribution in [0.4, 0.5) is 5.69 Å². The second-order valence-corrected chi connectivity index (χ2v) is 3.86. The third-order valence-corrected chi connectivity index (χ3v) is 2.67. The van der Waals surface area contributed by atoms with Gasteiger partial charge in [0.2, 0.25) is 5.75 Å². The fourth-order valence-corrected chi connectivity index (χ4v) is 1.70. The lowest BCUT2D eigenvalue weighted by molar-refractivity contribution is -0.385. The number of ether oxygens (including phenoxy) is 2. The standard InChI is InChI=1S/C13H15NO6/c1-4-9(13(15)16)5-8-6-10(14(17)18)12(20-3)11(7-8)19-2/h5-7H,4H2,1-3H3,(H,15,16). The van der Waals surface area contributed by atoms with Crippen LogP contribution in [-0.2, 0) is 4.79 Å². The Labute approximate surface area is 115 Å². The van der Waals surface area contributed by atoms with Crippen LogP contribution in [0.5, 0.6) is 11.5 Å². The molecule has 1 rings (SSSR count). The van der Waals surface area contributed by atoms with Crippen LogP contribution in [0.15, 0.2) is 17.7 Å². The molecule has 0 aliphatic heterocycles. The average molecular weight is 281 g/mol. The number of aliphatic carboxylic acids is 1. The quantitative estimate of drug-likeness (QED) is 0.488. The van der Waals surface area contributed by atoms with Gasteiger partial charge in [-0.05, 0) is 24.1 Å². The first-order valence-corrected chi connectivity index (χ1v) is 5.78. The van der Waals surface area contributed by atoms with Crippen molar-refractivity contribution in [2.75, 3.05) is 14.2 Å². The zero-order chi connectivity index (χ0) is 15.3. The summed E-state index contributed by atoms with van der Waals surface area (Å²) in [6, 6.07) is 2.74. The highest BCUT2D eigenvalue weighted by Gasteiger charge is 2.21. The number of hydrogen-bond donors (Lipinski definition) is 1. The molecule has 0 saturated heterocycles. The van der Waals surface area contributed by atoms with E-state index in [1.165, 1.54) is 32.4 Å². The van der Waals surface area contributed by atoms with Gasteiger partial charge in [0.25, 0.3) is 0 Å². The molecule has 0 radical (unpaired) electrons. The number of nitrogens with zero attached hydrogens (tertiary/aromatic N) is 1. The predicted molar refractivity (Wildman–Crippen MR) is 72.1 cm³/mol. The second kappa shape index (κ2) is 6.55. The van der Waals surface area contributed by atoms with E-state index in [9.17, 15) is 14.9 Å². The molecule has 108 valence electrons. The molecule has 0 aromatic heterocycles. The van der Waals surface area contributed by atoms with E-state index in [2.05, 4.69) is 0 Å². The highest BCUT2D eigenvalue weighted by atomic mass is 16.6. The lowest BCUT2D eigenvalue weighted by Gasteiger charge is -2.09. The Bertz CT molecular complexity index is 564. The van der Waals surface area contributed by atoms with Gasteiger partial charge in [0, 0.05) is 11.6 Å². The van der Waals surface area contributed by atoms with Gasteiger partial charge in [0.15, 0.2) is 5.75 Å². The Balaban J connectivity index is 3.47. The molecular formula is C13H15NO6. The highest BCUT2D eigenvalue weighted by molar-refractivity contribution is 5.92. The molecule has 1 N–H and O–H groups in total. The fraction of sp³-hybridized carbons (Fsp3) is 0.308. The van der Waals surface area contributed by atoms with Crippen molar-refractivity contribution in [3.8, 4) is 11.5 Å². The minimum Gasteiger partial charge on any atom is -0.493 e. The molecule has 0 aliphatic rings. The van der Waals surface area contributed by atoms with Gasteiger partial charge in [-0.3, -0.25) is 10.1 Å². The minimum atomic E-state index is -1.06. The van der Waals surface area contributed by atoms with Crippen molar-refractivity contribution in [3.63, 3.8) is 0 Å². The van der Waals surface area contributed by atoms with Gasteiger partial charge in [-0.2, -0.15) is 0 Å². The number of nitro benzene ring substituents is 1. The van der Waals surface area contributed by atoms with Crippen LogP contribution in [0.25, 0.3) is 6.08 Å². The van der Waals surface area contributed by atoms with Crippen LogP contribution >= 0.6 is 0 Å². The number of hydrogen-bond acceptors (Lipinski definition) is 5. The number of benzene rings is 1. The second-order valence-electron chi connectivity index (χ2n) is 3.86. The van der Waals surface area contributed by atoms with Gasteiger partial charge >= 0.3 is 11.7 Å². The zero-order valence-electron chi connectivity index (χ0n) is 11.4. The van der Waals surface area contributed by atoms with Crippen LogP contribution in [0.1, 0.15) is 18.9 Å². The Morgan fingerprint density at radius 1 is 1.40 bits per heavy atom. The summed E-state index contributed by atoms with van der Waals surface area (Å²) < 4.78 is 10.00. The number of carboxylic acids is 1. The van der Waals surface area contributed by atoms with Crippen LogP contribution in [0.3, 0.4) is 0 Å². The number of methoxy groups -OCH3 is 2. The molecule has 0 heterocycles. The van der Waals surface area contributed by atoms with E-state index in [1.54, 1.807) is 6.92 Å². The molecule has 0 amide bonds. The summed E-state index contributed by atoms with van der Waals surface area (Å²) in [5, 5.41) is 20.0. The van der Waals surface area contributed by atoms with Gasteiger partial charge in [0.1, 0.15) is 0 Å². The predicted octanol–water partition coefficient (Wildman–Crippen LogP) is 2.49. The Hall–Kier alpha value is -2.57. The lowest BCUT2D eigenvalue weighted by Crippen LogP contribution is -2.00. The van der Waals surface area contributed by atoms with Gasteiger partial charge in [-0.15, -0.1) is 0 Å². The smallest absolute Gasteiger partial charge is 0.331 e. The van der Waals surface area contributed by atoms with Crippen LogP contribution in [0, 0.1) is 10.1 Å². The molecule has 1 aromatic rings. The Morgan fingerprint density at radius 3 is 2.45 bits per heavy atom. The molecule has 0 atom stereocenters. The van der Waals surface area contributed by atoms with E-state index in [0.29, 0.717) is 12.0 Å². The maximum absolute atomic E-state index is 11.0. The number of carboxylic acid groups (broad SMARTS) is 1. The maximum Gasteiger partial charge on any atom is 0.331 e. The van der Waals surface area contributed by atoms with Crippen LogP contribution in [-0.4, -0.2) is 30.2 Å². The lowest BCUT2D eigenvalue weighted by atomic mass is 10.1. The number of carbonyl (C=O) groups is 1. The minimum absolute atomic E-state index is 0.00280. The third-order valence-electron chi connectivity index (χ3n) is 2.67. The SMILES string of the molecule is CCC(=Cc1cc(OC)c(OC)c([N+](=O)[O-])c1)C(=O)O. The van der Waals surface area contributed by atoms with Gasteiger partial charge < -0.3 is 14.6 Å². The van der Waals surface area contributed by atoms with Crippen LogP contribution in [0.2, 0.25) is 0 Å². The molecule has 0 aliphatic carbocycles. The zero-order valence-corrected chi connectivity index (χ0v) is 11.4.